The Morgan fingerprint density at radius 1 is 0.946 bits per heavy atom. The van der Waals surface area contributed by atoms with Crippen molar-refractivity contribution < 1.29 is 18.4 Å². The average molecular weight is 498 g/mol. The van der Waals surface area contributed by atoms with E-state index in [0.29, 0.717) is 27.9 Å². The summed E-state index contributed by atoms with van der Waals surface area (Å²) in [7, 11) is 0. The van der Waals surface area contributed by atoms with E-state index in [-0.39, 0.29) is 37.3 Å². The van der Waals surface area contributed by atoms with Crippen LogP contribution in [-0.2, 0) is 29.2 Å². The maximum Gasteiger partial charge on any atom is 0.247 e. The van der Waals surface area contributed by atoms with Crippen LogP contribution in [0.25, 0.3) is 11.0 Å². The number of hydrogen-bond donors (Lipinski definition) is 1. The van der Waals surface area contributed by atoms with Crippen LogP contribution in [-0.4, -0.2) is 31.7 Å². The number of benzene rings is 3. The lowest BCUT2D eigenvalue weighted by atomic mass is 10.0. The summed E-state index contributed by atoms with van der Waals surface area (Å²) in [6, 6.07) is 24.8. The lowest BCUT2D eigenvalue weighted by Crippen LogP contribution is -2.44. The highest BCUT2D eigenvalue weighted by Gasteiger charge is 2.32. The van der Waals surface area contributed by atoms with Crippen LogP contribution in [0.3, 0.4) is 0 Å². The van der Waals surface area contributed by atoms with Gasteiger partial charge in [0.25, 0.3) is 0 Å². The van der Waals surface area contributed by atoms with Gasteiger partial charge >= 0.3 is 0 Å². The van der Waals surface area contributed by atoms with Crippen LogP contribution in [0, 0.1) is 5.82 Å². The number of carbonyl (C=O) groups excluding carboxylic acids is 2. The van der Waals surface area contributed by atoms with Crippen molar-refractivity contribution in [1.29, 1.82) is 0 Å². The lowest BCUT2D eigenvalue weighted by molar-refractivity contribution is -0.142. The third kappa shape index (κ3) is 5.56. The predicted molar refractivity (Wildman–Crippen MR) is 134 cm³/mol. The first kappa shape index (κ1) is 23.9. The molecule has 0 aliphatic rings. The summed E-state index contributed by atoms with van der Waals surface area (Å²) in [5, 5.41) is 11.2. The van der Waals surface area contributed by atoms with E-state index in [1.807, 2.05) is 42.5 Å². The molecular weight excluding hydrogens is 473 g/mol. The molecule has 3 aromatic carbocycles. The topological polar surface area (TPSA) is 93.3 Å². The van der Waals surface area contributed by atoms with Gasteiger partial charge in [0.05, 0.1) is 18.3 Å². The summed E-state index contributed by atoms with van der Waals surface area (Å²) < 4.78 is 20.5. The van der Waals surface area contributed by atoms with Gasteiger partial charge in [-0.3, -0.25) is 9.59 Å². The summed E-state index contributed by atoms with van der Waals surface area (Å²) in [4.78, 5) is 28.9. The van der Waals surface area contributed by atoms with Crippen molar-refractivity contribution in [3.8, 4) is 0 Å². The maximum absolute atomic E-state index is 13.8. The Kier molecular flexibility index (Phi) is 7.02. The van der Waals surface area contributed by atoms with Crippen molar-refractivity contribution in [2.45, 2.75) is 25.7 Å². The zero-order valence-corrected chi connectivity index (χ0v) is 19.8. The molecule has 0 fully saturated rings. The Labute approximate surface area is 212 Å². The number of para-hydroxylation sites is 1. The zero-order valence-electron chi connectivity index (χ0n) is 19.8. The molecule has 0 spiro atoms. The molecule has 0 aliphatic carbocycles. The van der Waals surface area contributed by atoms with Gasteiger partial charge in [-0.15, -0.1) is 5.10 Å². The number of rotatable bonds is 9. The van der Waals surface area contributed by atoms with Crippen LogP contribution in [0.5, 0.6) is 0 Å². The summed E-state index contributed by atoms with van der Waals surface area (Å²) in [5.74, 6) is -0.513. The van der Waals surface area contributed by atoms with Gasteiger partial charge in [0, 0.05) is 6.54 Å². The highest BCUT2D eigenvalue weighted by Crippen LogP contribution is 2.25. The van der Waals surface area contributed by atoms with Gasteiger partial charge in [-0.1, -0.05) is 59.8 Å². The first-order chi connectivity index (χ1) is 18.1. The van der Waals surface area contributed by atoms with Crippen LogP contribution in [0.4, 0.5) is 4.39 Å². The lowest BCUT2D eigenvalue weighted by Gasteiger charge is -2.31. The zero-order chi connectivity index (χ0) is 25.6. The number of nitrogens with one attached hydrogen (secondary N) is 1. The van der Waals surface area contributed by atoms with Crippen LogP contribution in [0.1, 0.15) is 22.9 Å². The second kappa shape index (κ2) is 10.9. The Hall–Kier alpha value is -4.79. The number of furan rings is 1. The number of halogens is 1. The van der Waals surface area contributed by atoms with Crippen LogP contribution < -0.4 is 5.32 Å². The highest BCUT2D eigenvalue weighted by molar-refractivity contribution is 5.89. The molecule has 8 nitrogen and oxygen atoms in total. The average Bonchev–Trinajstić information content (AvgIpc) is 3.59. The molecule has 9 heteroatoms. The number of aromatic nitrogens is 3. The predicted octanol–water partition coefficient (Wildman–Crippen LogP) is 4.25. The second-order valence-electron chi connectivity index (χ2n) is 8.49. The number of fused-ring (bicyclic) bond motifs is 1. The van der Waals surface area contributed by atoms with Gasteiger partial charge in [-0.05, 0) is 47.5 Å². The number of nitrogens with zero attached hydrogens (tertiary/aromatic N) is 4. The third-order valence-electron chi connectivity index (χ3n) is 5.98. The van der Waals surface area contributed by atoms with Crippen molar-refractivity contribution in [2.24, 2.45) is 0 Å². The van der Waals surface area contributed by atoms with Gasteiger partial charge in [-0.2, -0.15) is 0 Å². The molecule has 0 bridgehead atoms. The van der Waals surface area contributed by atoms with Crippen molar-refractivity contribution >= 4 is 22.8 Å². The molecule has 37 heavy (non-hydrogen) atoms. The fraction of sp³-hybridized carbons (Fsp3) is 0.143. The maximum atomic E-state index is 13.8. The molecule has 0 saturated heterocycles. The Bertz CT molecular complexity index is 1480. The van der Waals surface area contributed by atoms with Gasteiger partial charge in [0.2, 0.25) is 11.8 Å². The van der Waals surface area contributed by atoms with E-state index in [1.165, 1.54) is 28.0 Å². The summed E-state index contributed by atoms with van der Waals surface area (Å²) in [6.45, 7) is 0.122. The van der Waals surface area contributed by atoms with Crippen molar-refractivity contribution in [3.05, 3.63) is 120 Å². The van der Waals surface area contributed by atoms with Crippen molar-refractivity contribution in [2.75, 3.05) is 0 Å². The number of hydrogen-bond acceptors (Lipinski definition) is 5. The molecule has 2 amide bonds. The molecule has 0 radical (unpaired) electrons. The standard InChI is InChI=1S/C28H24FN5O3/c29-22-14-12-20(13-15-22)18-33(26(35)19-34-25-11-5-4-10-24(25)31-32-34)27(21-7-2-1-3-8-21)28(36)30-17-23-9-6-16-37-23/h1-16,27H,17-19H2,(H,30,36)/t27-/m0/s1. The quantitative estimate of drug-likeness (QED) is 0.329. The van der Waals surface area contributed by atoms with E-state index in [0.717, 1.165) is 0 Å². The highest BCUT2D eigenvalue weighted by atomic mass is 19.1. The van der Waals surface area contributed by atoms with Crippen LogP contribution in [0.2, 0.25) is 0 Å². The molecular formula is C28H24FN5O3. The molecule has 5 aromatic rings. The van der Waals surface area contributed by atoms with E-state index in [9.17, 15) is 14.0 Å². The van der Waals surface area contributed by atoms with E-state index < -0.39 is 6.04 Å². The summed E-state index contributed by atoms with van der Waals surface area (Å²) >= 11 is 0. The molecule has 186 valence electrons. The van der Waals surface area contributed by atoms with E-state index in [1.54, 1.807) is 36.4 Å². The van der Waals surface area contributed by atoms with Gasteiger partial charge in [-0.25, -0.2) is 9.07 Å². The largest absolute Gasteiger partial charge is 0.467 e. The van der Waals surface area contributed by atoms with Crippen LogP contribution in [0.15, 0.2) is 102 Å². The van der Waals surface area contributed by atoms with E-state index in [4.69, 9.17) is 4.42 Å². The molecule has 1 atom stereocenters. The monoisotopic (exact) mass is 497 g/mol. The molecule has 5 rings (SSSR count). The molecule has 2 heterocycles. The molecule has 0 saturated carbocycles. The second-order valence-corrected chi connectivity index (χ2v) is 8.49. The first-order valence-corrected chi connectivity index (χ1v) is 11.8. The fourth-order valence-corrected chi connectivity index (χ4v) is 4.16. The minimum atomic E-state index is -0.955. The molecule has 2 aromatic heterocycles. The first-order valence-electron chi connectivity index (χ1n) is 11.8. The Morgan fingerprint density at radius 2 is 1.70 bits per heavy atom. The third-order valence-corrected chi connectivity index (χ3v) is 5.98. The molecule has 0 unspecified atom stereocenters. The Morgan fingerprint density at radius 3 is 2.46 bits per heavy atom. The van der Waals surface area contributed by atoms with Crippen LogP contribution >= 0.6 is 0 Å². The van der Waals surface area contributed by atoms with E-state index in [2.05, 4.69) is 15.6 Å². The Balaban J connectivity index is 1.50. The fourth-order valence-electron chi connectivity index (χ4n) is 4.16. The van der Waals surface area contributed by atoms with Crippen molar-refractivity contribution in [1.82, 2.24) is 25.2 Å². The minimum Gasteiger partial charge on any atom is -0.467 e. The van der Waals surface area contributed by atoms with Crippen molar-refractivity contribution in [3.63, 3.8) is 0 Å². The normalized spacial score (nSPS) is 11.8. The van der Waals surface area contributed by atoms with Gasteiger partial charge < -0.3 is 14.6 Å². The van der Waals surface area contributed by atoms with Gasteiger partial charge in [0.1, 0.15) is 29.7 Å². The van der Waals surface area contributed by atoms with E-state index >= 15 is 0 Å². The summed E-state index contributed by atoms with van der Waals surface area (Å²) in [5.41, 5.74) is 2.68. The molecule has 0 aliphatic heterocycles. The smallest absolute Gasteiger partial charge is 0.247 e. The SMILES string of the molecule is O=C(NCc1ccco1)[C@H](c1ccccc1)N(Cc1ccc(F)cc1)C(=O)Cn1nnc2ccccc21. The molecule has 1 N–H and O–H groups in total. The van der Waals surface area contributed by atoms with Gasteiger partial charge in [0.15, 0.2) is 0 Å². The number of carbonyl (C=O) groups is 2. The number of amides is 2. The summed E-state index contributed by atoms with van der Waals surface area (Å²) in [6.07, 6.45) is 1.53. The minimum absolute atomic E-state index is 0.0828.